The zero-order valence-corrected chi connectivity index (χ0v) is 10.6. The van der Waals surface area contributed by atoms with Crippen molar-refractivity contribution in [3.05, 3.63) is 29.2 Å². The van der Waals surface area contributed by atoms with Gasteiger partial charge < -0.3 is 5.73 Å². The fourth-order valence-electron chi connectivity index (χ4n) is 1.89. The van der Waals surface area contributed by atoms with Crippen molar-refractivity contribution in [2.75, 3.05) is 5.73 Å². The molecule has 0 aliphatic rings. The molecule has 17 heavy (non-hydrogen) atoms. The first-order valence-electron chi connectivity index (χ1n) is 5.87. The van der Waals surface area contributed by atoms with Gasteiger partial charge in [0, 0.05) is 25.0 Å². The topological polar surface area (TPSA) is 61.7 Å². The third-order valence-electron chi connectivity index (χ3n) is 3.16. The van der Waals surface area contributed by atoms with Gasteiger partial charge in [-0.1, -0.05) is 0 Å². The molecule has 0 unspecified atom stereocenters. The lowest BCUT2D eigenvalue weighted by Gasteiger charge is -2.05. The maximum Gasteiger partial charge on any atom is 0.145 e. The average molecular weight is 233 g/mol. The van der Waals surface area contributed by atoms with Gasteiger partial charge in [0.05, 0.1) is 5.69 Å². The van der Waals surface area contributed by atoms with E-state index in [0.717, 1.165) is 25.2 Å². The van der Waals surface area contributed by atoms with E-state index in [4.69, 9.17) is 5.73 Å². The van der Waals surface area contributed by atoms with E-state index in [-0.39, 0.29) is 0 Å². The number of nitrogen functional groups attached to an aromatic ring is 1. The number of anilines is 1. The van der Waals surface area contributed by atoms with Gasteiger partial charge in [0.25, 0.3) is 0 Å². The summed E-state index contributed by atoms with van der Waals surface area (Å²) in [5.41, 5.74) is 9.21. The summed E-state index contributed by atoms with van der Waals surface area (Å²) in [7, 11) is 0. The fraction of sp³-hybridized carbons (Fsp3) is 0.500. The largest absolute Gasteiger partial charge is 0.382 e. The number of aromatic nitrogens is 4. The molecule has 0 aliphatic carbocycles. The molecule has 0 saturated carbocycles. The molecule has 0 aliphatic heterocycles. The average Bonchev–Trinajstić information content (AvgIpc) is 2.80. The second kappa shape index (κ2) is 4.61. The molecule has 0 radical (unpaired) electrons. The second-order valence-corrected chi connectivity index (χ2v) is 4.38. The third-order valence-corrected chi connectivity index (χ3v) is 3.16. The van der Waals surface area contributed by atoms with Crippen LogP contribution in [0.2, 0.25) is 0 Å². The molecule has 2 aromatic heterocycles. The number of nitrogens with two attached hydrogens (primary N) is 1. The van der Waals surface area contributed by atoms with Gasteiger partial charge in [0.15, 0.2) is 0 Å². The molecule has 2 aromatic rings. The molecule has 0 bridgehead atoms. The molecule has 5 heteroatoms. The van der Waals surface area contributed by atoms with Crippen molar-refractivity contribution in [2.24, 2.45) is 0 Å². The van der Waals surface area contributed by atoms with Crippen LogP contribution in [0.1, 0.15) is 23.4 Å². The van der Waals surface area contributed by atoms with E-state index in [1.807, 2.05) is 23.9 Å². The number of nitrogens with zero attached hydrogens (tertiary/aromatic N) is 4. The summed E-state index contributed by atoms with van der Waals surface area (Å²) in [5.74, 6) is 0.576. The number of rotatable bonds is 4. The highest BCUT2D eigenvalue weighted by Gasteiger charge is 2.06. The van der Waals surface area contributed by atoms with Crippen LogP contribution in [0.25, 0.3) is 0 Å². The number of hydrogen-bond donors (Lipinski definition) is 1. The van der Waals surface area contributed by atoms with Gasteiger partial charge in [-0.2, -0.15) is 10.2 Å². The Labute approximate surface area is 101 Å². The van der Waals surface area contributed by atoms with Crippen LogP contribution in [-0.2, 0) is 13.1 Å². The van der Waals surface area contributed by atoms with Crippen LogP contribution in [0.4, 0.5) is 5.82 Å². The van der Waals surface area contributed by atoms with Crippen LogP contribution < -0.4 is 5.73 Å². The molecule has 0 spiro atoms. The monoisotopic (exact) mass is 233 g/mol. The van der Waals surface area contributed by atoms with E-state index in [1.54, 1.807) is 0 Å². The molecule has 2 heterocycles. The van der Waals surface area contributed by atoms with Crippen LogP contribution in [0, 0.1) is 20.8 Å². The summed E-state index contributed by atoms with van der Waals surface area (Å²) in [6.45, 7) is 8.06. The predicted octanol–water partition coefficient (Wildman–Crippen LogP) is 1.68. The van der Waals surface area contributed by atoms with Crippen molar-refractivity contribution in [2.45, 2.75) is 40.3 Å². The van der Waals surface area contributed by atoms with Gasteiger partial charge >= 0.3 is 0 Å². The predicted molar refractivity (Wildman–Crippen MR) is 67.7 cm³/mol. The van der Waals surface area contributed by atoms with Crippen molar-refractivity contribution in [3.8, 4) is 0 Å². The van der Waals surface area contributed by atoms with Gasteiger partial charge in [0.2, 0.25) is 0 Å². The van der Waals surface area contributed by atoms with Crippen molar-refractivity contribution in [3.63, 3.8) is 0 Å². The first-order valence-corrected chi connectivity index (χ1v) is 5.87. The minimum Gasteiger partial charge on any atom is -0.382 e. The number of hydrogen-bond acceptors (Lipinski definition) is 3. The van der Waals surface area contributed by atoms with E-state index >= 15 is 0 Å². The van der Waals surface area contributed by atoms with Gasteiger partial charge in [-0.3, -0.25) is 9.36 Å². The molecule has 0 saturated heterocycles. The molecule has 5 nitrogen and oxygen atoms in total. The Hall–Kier alpha value is -1.78. The molecule has 92 valence electrons. The second-order valence-electron chi connectivity index (χ2n) is 4.38. The first-order chi connectivity index (χ1) is 8.08. The zero-order chi connectivity index (χ0) is 12.4. The summed E-state index contributed by atoms with van der Waals surface area (Å²) in [6, 6.07) is 1.81. The van der Waals surface area contributed by atoms with Crippen molar-refractivity contribution in [1.82, 2.24) is 19.6 Å². The third kappa shape index (κ3) is 2.49. The Balaban J connectivity index is 1.92. The van der Waals surface area contributed by atoms with Gasteiger partial charge in [-0.15, -0.1) is 0 Å². The van der Waals surface area contributed by atoms with Crippen molar-refractivity contribution in [1.29, 1.82) is 0 Å². The molecule has 0 aromatic carbocycles. The molecule has 0 amide bonds. The Morgan fingerprint density at radius 1 is 1.18 bits per heavy atom. The summed E-state index contributed by atoms with van der Waals surface area (Å²) >= 11 is 0. The van der Waals surface area contributed by atoms with Crippen LogP contribution in [0.3, 0.4) is 0 Å². The zero-order valence-electron chi connectivity index (χ0n) is 10.6. The highest BCUT2D eigenvalue weighted by Crippen LogP contribution is 2.11. The van der Waals surface area contributed by atoms with Crippen LogP contribution >= 0.6 is 0 Å². The summed E-state index contributed by atoms with van der Waals surface area (Å²) in [4.78, 5) is 0. The Morgan fingerprint density at radius 2 is 1.94 bits per heavy atom. The van der Waals surface area contributed by atoms with Crippen molar-refractivity contribution < 1.29 is 0 Å². The summed E-state index contributed by atoms with van der Waals surface area (Å²) in [6.07, 6.45) is 2.91. The maximum absolute atomic E-state index is 5.56. The molecule has 0 fully saturated rings. The molecule has 2 rings (SSSR count). The lowest BCUT2D eigenvalue weighted by Crippen LogP contribution is -2.07. The first kappa shape index (κ1) is 11.7. The van der Waals surface area contributed by atoms with E-state index in [2.05, 4.69) is 28.7 Å². The van der Waals surface area contributed by atoms with Gasteiger partial charge in [-0.25, -0.2) is 0 Å². The van der Waals surface area contributed by atoms with Crippen LogP contribution in [0.15, 0.2) is 12.3 Å². The highest BCUT2D eigenvalue weighted by atomic mass is 15.3. The Bertz CT molecular complexity index is 509. The highest BCUT2D eigenvalue weighted by molar-refractivity contribution is 5.23. The minimum absolute atomic E-state index is 0.576. The van der Waals surface area contributed by atoms with E-state index in [9.17, 15) is 0 Å². The van der Waals surface area contributed by atoms with Crippen LogP contribution in [-0.4, -0.2) is 19.6 Å². The normalized spacial score (nSPS) is 11.0. The van der Waals surface area contributed by atoms with Gasteiger partial charge in [-0.05, 0) is 38.8 Å². The van der Waals surface area contributed by atoms with Gasteiger partial charge in [0.1, 0.15) is 5.82 Å². The SMILES string of the molecule is Cc1nn(CCCn2ccc(N)n2)c(C)c1C. The lowest BCUT2D eigenvalue weighted by atomic mass is 10.2. The molecular formula is C12H19N5. The summed E-state index contributed by atoms with van der Waals surface area (Å²) < 4.78 is 3.94. The Kier molecular flexibility index (Phi) is 3.17. The molecule has 2 N–H and O–H groups in total. The molecular weight excluding hydrogens is 214 g/mol. The van der Waals surface area contributed by atoms with Crippen LogP contribution in [0.5, 0.6) is 0 Å². The van der Waals surface area contributed by atoms with Crippen molar-refractivity contribution >= 4 is 5.82 Å². The maximum atomic E-state index is 5.56. The van der Waals surface area contributed by atoms with E-state index < -0.39 is 0 Å². The van der Waals surface area contributed by atoms with E-state index in [1.165, 1.54) is 11.3 Å². The minimum atomic E-state index is 0.576. The Morgan fingerprint density at radius 3 is 2.47 bits per heavy atom. The fourth-order valence-corrected chi connectivity index (χ4v) is 1.89. The standard InChI is InChI=1S/C12H19N5/c1-9-10(2)14-17(11(9)3)7-4-6-16-8-5-12(13)15-16/h5,8H,4,6-7H2,1-3H3,(H2,13,15). The quantitative estimate of drug-likeness (QED) is 0.874. The number of aryl methyl sites for hydroxylation is 3. The smallest absolute Gasteiger partial charge is 0.145 e. The summed E-state index contributed by atoms with van der Waals surface area (Å²) in [5, 5.41) is 8.66. The lowest BCUT2D eigenvalue weighted by molar-refractivity contribution is 0.493. The van der Waals surface area contributed by atoms with E-state index in [0.29, 0.717) is 5.82 Å². The molecule has 0 atom stereocenters.